The molecule has 8 heteroatoms. The molecule has 3 aromatic rings. The van der Waals surface area contributed by atoms with E-state index in [1.54, 1.807) is 0 Å². The van der Waals surface area contributed by atoms with E-state index in [-0.39, 0.29) is 23.9 Å². The van der Waals surface area contributed by atoms with Crippen molar-refractivity contribution in [2.45, 2.75) is 13.5 Å². The third kappa shape index (κ3) is 3.37. The van der Waals surface area contributed by atoms with Gasteiger partial charge in [-0.3, -0.25) is 10.1 Å². The van der Waals surface area contributed by atoms with Crippen LogP contribution in [-0.2, 0) is 6.61 Å². The van der Waals surface area contributed by atoms with E-state index in [0.29, 0.717) is 5.89 Å². The normalized spacial score (nSPS) is 10.6. The molecule has 0 aliphatic carbocycles. The first-order chi connectivity index (χ1) is 11.5. The second kappa shape index (κ2) is 6.45. The van der Waals surface area contributed by atoms with Crippen molar-refractivity contribution in [3.63, 3.8) is 0 Å². The summed E-state index contributed by atoms with van der Waals surface area (Å²) in [6, 6.07) is 10.7. The number of benzene rings is 2. The number of rotatable bonds is 5. The van der Waals surface area contributed by atoms with E-state index in [1.807, 2.05) is 31.2 Å². The zero-order chi connectivity index (χ0) is 17.1. The van der Waals surface area contributed by atoms with Crippen LogP contribution in [0.1, 0.15) is 11.4 Å². The van der Waals surface area contributed by atoms with Gasteiger partial charge >= 0.3 is 0 Å². The third-order valence-corrected chi connectivity index (χ3v) is 3.25. The van der Waals surface area contributed by atoms with Crippen LogP contribution < -0.4 is 4.74 Å². The van der Waals surface area contributed by atoms with Crippen LogP contribution in [0.2, 0.25) is 0 Å². The predicted octanol–water partition coefficient (Wildman–Crippen LogP) is 3.67. The summed E-state index contributed by atoms with van der Waals surface area (Å²) < 4.78 is 24.1. The Kier molecular flexibility index (Phi) is 4.19. The Hall–Kier alpha value is -3.29. The van der Waals surface area contributed by atoms with E-state index < -0.39 is 10.7 Å². The summed E-state index contributed by atoms with van der Waals surface area (Å²) in [5, 5.41) is 14.3. The van der Waals surface area contributed by atoms with Crippen LogP contribution in [0.4, 0.5) is 10.1 Å². The molecule has 0 unspecified atom stereocenters. The average molecular weight is 329 g/mol. The van der Waals surface area contributed by atoms with Gasteiger partial charge in [-0.1, -0.05) is 22.9 Å². The Labute approximate surface area is 135 Å². The first-order valence-electron chi connectivity index (χ1n) is 6.99. The molecule has 0 N–H and O–H groups in total. The summed E-state index contributed by atoms with van der Waals surface area (Å²) in [5.74, 6) is -0.380. The maximum Gasteiger partial charge on any atom is 0.272 e. The number of halogens is 1. The smallest absolute Gasteiger partial charge is 0.272 e. The number of ether oxygens (including phenoxy) is 1. The summed E-state index contributed by atoms with van der Waals surface area (Å²) in [7, 11) is 0. The molecule has 7 nitrogen and oxygen atoms in total. The minimum atomic E-state index is -0.827. The topological polar surface area (TPSA) is 91.3 Å². The highest BCUT2D eigenvalue weighted by Gasteiger charge is 2.13. The van der Waals surface area contributed by atoms with Gasteiger partial charge in [-0.05, 0) is 25.1 Å². The van der Waals surface area contributed by atoms with E-state index in [4.69, 9.17) is 9.26 Å². The minimum Gasteiger partial charge on any atom is -0.482 e. The fourth-order valence-corrected chi connectivity index (χ4v) is 1.99. The van der Waals surface area contributed by atoms with Crippen LogP contribution in [0.15, 0.2) is 47.0 Å². The predicted molar refractivity (Wildman–Crippen MR) is 81.9 cm³/mol. The monoisotopic (exact) mass is 329 g/mol. The lowest BCUT2D eigenvalue weighted by Gasteiger charge is -2.04. The van der Waals surface area contributed by atoms with Gasteiger partial charge in [0.15, 0.2) is 18.2 Å². The molecular formula is C16H12FN3O4. The van der Waals surface area contributed by atoms with Crippen LogP contribution in [0.5, 0.6) is 5.75 Å². The summed E-state index contributed by atoms with van der Waals surface area (Å²) in [4.78, 5) is 14.1. The molecule has 2 aromatic carbocycles. The van der Waals surface area contributed by atoms with Crippen LogP contribution in [0.3, 0.4) is 0 Å². The molecule has 0 radical (unpaired) electrons. The number of aryl methyl sites for hydroxylation is 1. The first-order valence-corrected chi connectivity index (χ1v) is 6.99. The van der Waals surface area contributed by atoms with Gasteiger partial charge < -0.3 is 9.26 Å². The first kappa shape index (κ1) is 15.6. The van der Waals surface area contributed by atoms with Gasteiger partial charge in [0, 0.05) is 11.6 Å². The van der Waals surface area contributed by atoms with Crippen LogP contribution >= 0.6 is 0 Å². The Morgan fingerprint density at radius 1 is 1.25 bits per heavy atom. The van der Waals surface area contributed by atoms with Crippen molar-refractivity contribution < 1.29 is 18.6 Å². The molecule has 1 heterocycles. The largest absolute Gasteiger partial charge is 0.482 e. The zero-order valence-corrected chi connectivity index (χ0v) is 12.6. The second-order valence-corrected chi connectivity index (χ2v) is 5.04. The van der Waals surface area contributed by atoms with E-state index in [0.717, 1.165) is 23.3 Å². The van der Waals surface area contributed by atoms with Crippen LogP contribution in [0.25, 0.3) is 11.5 Å². The van der Waals surface area contributed by atoms with E-state index >= 15 is 0 Å². The van der Waals surface area contributed by atoms with E-state index in [2.05, 4.69) is 10.1 Å². The zero-order valence-electron chi connectivity index (χ0n) is 12.6. The average Bonchev–Trinajstić information content (AvgIpc) is 3.03. The minimum absolute atomic E-state index is 0.121. The molecule has 1 aromatic heterocycles. The Bertz CT molecular complexity index is 877. The number of non-ortho nitro benzene ring substituents is 1. The molecule has 0 saturated carbocycles. The maximum atomic E-state index is 13.7. The number of aromatic nitrogens is 2. The molecule has 0 spiro atoms. The Morgan fingerprint density at radius 3 is 2.67 bits per heavy atom. The van der Waals surface area contributed by atoms with Crippen molar-refractivity contribution in [1.82, 2.24) is 10.1 Å². The fourth-order valence-electron chi connectivity index (χ4n) is 1.99. The molecule has 24 heavy (non-hydrogen) atoms. The van der Waals surface area contributed by atoms with E-state index in [9.17, 15) is 14.5 Å². The van der Waals surface area contributed by atoms with Crippen LogP contribution in [0, 0.1) is 22.9 Å². The molecule has 0 saturated heterocycles. The number of nitrogens with zero attached hydrogens (tertiary/aromatic N) is 3. The van der Waals surface area contributed by atoms with Crippen molar-refractivity contribution in [3.8, 4) is 17.2 Å². The van der Waals surface area contributed by atoms with Gasteiger partial charge in [-0.25, -0.2) is 4.39 Å². The highest BCUT2D eigenvalue weighted by atomic mass is 19.1. The molecule has 0 bridgehead atoms. The Balaban J connectivity index is 1.69. The number of nitro benzene ring substituents is 1. The molecule has 0 aliphatic rings. The number of nitro groups is 1. The third-order valence-electron chi connectivity index (χ3n) is 3.25. The summed E-state index contributed by atoms with van der Waals surface area (Å²) in [6.07, 6.45) is 0. The lowest BCUT2D eigenvalue weighted by molar-refractivity contribution is -0.385. The molecule has 0 aliphatic heterocycles. The summed E-state index contributed by atoms with van der Waals surface area (Å²) >= 11 is 0. The van der Waals surface area contributed by atoms with Crippen molar-refractivity contribution >= 4 is 5.69 Å². The quantitative estimate of drug-likeness (QED) is 0.524. The van der Waals surface area contributed by atoms with Gasteiger partial charge in [0.05, 0.1) is 11.0 Å². The highest BCUT2D eigenvalue weighted by molar-refractivity contribution is 5.53. The van der Waals surface area contributed by atoms with Gasteiger partial charge in [-0.2, -0.15) is 4.98 Å². The van der Waals surface area contributed by atoms with Gasteiger partial charge in [-0.15, -0.1) is 0 Å². The van der Waals surface area contributed by atoms with Crippen molar-refractivity contribution in [3.05, 3.63) is 69.8 Å². The maximum absolute atomic E-state index is 13.7. The lowest BCUT2D eigenvalue weighted by Crippen LogP contribution is -2.00. The number of hydrogen-bond donors (Lipinski definition) is 0. The lowest BCUT2D eigenvalue weighted by atomic mass is 10.1. The molecule has 3 rings (SSSR count). The number of hydrogen-bond acceptors (Lipinski definition) is 6. The molecule has 0 amide bonds. The van der Waals surface area contributed by atoms with Gasteiger partial charge in [0.2, 0.25) is 5.82 Å². The van der Waals surface area contributed by atoms with Gasteiger partial charge in [0.25, 0.3) is 11.6 Å². The summed E-state index contributed by atoms with van der Waals surface area (Å²) in [5.41, 5.74) is 1.53. The SMILES string of the molecule is Cc1ccc(-c2nc(COc3ccc([N+](=O)[O-])cc3F)no2)cc1. The fraction of sp³-hybridized carbons (Fsp3) is 0.125. The van der Waals surface area contributed by atoms with Crippen molar-refractivity contribution in [1.29, 1.82) is 0 Å². The highest BCUT2D eigenvalue weighted by Crippen LogP contribution is 2.23. The van der Waals surface area contributed by atoms with E-state index in [1.165, 1.54) is 6.07 Å². The molecule has 0 fully saturated rings. The van der Waals surface area contributed by atoms with Crippen molar-refractivity contribution in [2.75, 3.05) is 0 Å². The van der Waals surface area contributed by atoms with Crippen LogP contribution in [-0.4, -0.2) is 15.1 Å². The molecule has 0 atom stereocenters. The summed E-state index contributed by atoms with van der Waals surface area (Å²) in [6.45, 7) is 1.85. The molecule has 122 valence electrons. The standard InChI is InChI=1S/C16H12FN3O4/c1-10-2-4-11(5-3-10)16-18-15(19-24-16)9-23-14-7-6-12(20(21)22)8-13(14)17/h2-8H,9H2,1H3. The van der Waals surface area contributed by atoms with Crippen molar-refractivity contribution in [2.24, 2.45) is 0 Å². The Morgan fingerprint density at radius 2 is 2.00 bits per heavy atom. The second-order valence-electron chi connectivity index (χ2n) is 5.04. The molecular weight excluding hydrogens is 317 g/mol. The van der Waals surface area contributed by atoms with Gasteiger partial charge in [0.1, 0.15) is 0 Å².